The van der Waals surface area contributed by atoms with Crippen molar-refractivity contribution in [1.82, 2.24) is 4.90 Å². The molecule has 20 heavy (non-hydrogen) atoms. The number of hydrogen-bond acceptors (Lipinski definition) is 2. The first-order chi connectivity index (χ1) is 9.46. The molecule has 2 nitrogen and oxygen atoms in total. The Kier molecular flexibility index (Phi) is 6.94. The second kappa shape index (κ2) is 8.21. The Balaban J connectivity index is 2.57. The molecule has 0 fully saturated rings. The van der Waals surface area contributed by atoms with Gasteiger partial charge in [0.05, 0.1) is 0 Å². The Morgan fingerprint density at radius 1 is 1.15 bits per heavy atom. The van der Waals surface area contributed by atoms with Crippen LogP contribution in [0.4, 0.5) is 0 Å². The van der Waals surface area contributed by atoms with E-state index in [2.05, 4.69) is 31.7 Å². The molecule has 1 aromatic rings. The van der Waals surface area contributed by atoms with E-state index in [1.807, 2.05) is 26.0 Å². The van der Waals surface area contributed by atoms with E-state index in [0.29, 0.717) is 12.3 Å². The molecule has 0 heterocycles. The van der Waals surface area contributed by atoms with Gasteiger partial charge >= 0.3 is 0 Å². The molecule has 0 saturated heterocycles. The van der Waals surface area contributed by atoms with Crippen molar-refractivity contribution in [2.24, 2.45) is 5.92 Å². The van der Waals surface area contributed by atoms with Crippen molar-refractivity contribution in [2.45, 2.75) is 47.5 Å². The van der Waals surface area contributed by atoms with E-state index in [1.54, 1.807) is 0 Å². The third-order valence-electron chi connectivity index (χ3n) is 3.91. The van der Waals surface area contributed by atoms with Gasteiger partial charge in [-0.1, -0.05) is 44.4 Å². The highest BCUT2D eigenvalue weighted by atomic mass is 16.1. The number of nitrogens with zero attached hydrogens (tertiary/aromatic N) is 1. The average molecular weight is 275 g/mol. The molecular weight excluding hydrogens is 246 g/mol. The molecular formula is C18H29NO. The van der Waals surface area contributed by atoms with Crippen LogP contribution in [0.15, 0.2) is 18.2 Å². The number of hydrogen-bond donors (Lipinski definition) is 0. The van der Waals surface area contributed by atoms with Crippen LogP contribution < -0.4 is 0 Å². The highest BCUT2D eigenvalue weighted by Gasteiger charge is 2.11. The highest BCUT2D eigenvalue weighted by Crippen LogP contribution is 2.12. The van der Waals surface area contributed by atoms with E-state index in [0.717, 1.165) is 25.2 Å². The van der Waals surface area contributed by atoms with Crippen molar-refractivity contribution in [2.75, 3.05) is 19.6 Å². The Labute approximate surface area is 124 Å². The SMILES string of the molecule is CCC(C)CN(CC)CCC(=O)c1cc(C)cc(C)c1. The van der Waals surface area contributed by atoms with Crippen molar-refractivity contribution in [3.63, 3.8) is 0 Å². The molecule has 1 rings (SSSR count). The zero-order valence-corrected chi connectivity index (χ0v) is 13.7. The fraction of sp³-hybridized carbons (Fsp3) is 0.611. The monoisotopic (exact) mass is 275 g/mol. The predicted molar refractivity (Wildman–Crippen MR) is 86.4 cm³/mol. The first-order valence-corrected chi connectivity index (χ1v) is 7.80. The van der Waals surface area contributed by atoms with Gasteiger partial charge in [-0.3, -0.25) is 4.79 Å². The van der Waals surface area contributed by atoms with Gasteiger partial charge in [-0.25, -0.2) is 0 Å². The molecule has 0 bridgehead atoms. The minimum atomic E-state index is 0.263. The van der Waals surface area contributed by atoms with E-state index in [9.17, 15) is 4.79 Å². The van der Waals surface area contributed by atoms with Crippen LogP contribution in [0, 0.1) is 19.8 Å². The van der Waals surface area contributed by atoms with Crippen LogP contribution >= 0.6 is 0 Å². The van der Waals surface area contributed by atoms with Gasteiger partial charge in [-0.05, 0) is 38.4 Å². The lowest BCUT2D eigenvalue weighted by molar-refractivity contribution is 0.0961. The number of aryl methyl sites for hydroxylation is 2. The molecule has 0 spiro atoms. The summed E-state index contributed by atoms with van der Waals surface area (Å²) in [6, 6.07) is 6.11. The second-order valence-electron chi connectivity index (χ2n) is 5.96. The van der Waals surface area contributed by atoms with Crippen molar-refractivity contribution in [1.29, 1.82) is 0 Å². The van der Waals surface area contributed by atoms with Crippen LogP contribution in [0.5, 0.6) is 0 Å². The predicted octanol–water partition coefficient (Wildman–Crippen LogP) is 4.24. The molecule has 2 heteroatoms. The van der Waals surface area contributed by atoms with Crippen LogP contribution in [0.3, 0.4) is 0 Å². The minimum Gasteiger partial charge on any atom is -0.303 e. The summed E-state index contributed by atoms with van der Waals surface area (Å²) < 4.78 is 0. The first-order valence-electron chi connectivity index (χ1n) is 7.80. The van der Waals surface area contributed by atoms with Gasteiger partial charge in [0.15, 0.2) is 5.78 Å². The number of carbonyl (C=O) groups excluding carboxylic acids is 1. The van der Waals surface area contributed by atoms with Crippen LogP contribution in [0.1, 0.15) is 55.1 Å². The van der Waals surface area contributed by atoms with E-state index in [-0.39, 0.29) is 5.78 Å². The van der Waals surface area contributed by atoms with Gasteiger partial charge in [-0.2, -0.15) is 0 Å². The summed E-state index contributed by atoms with van der Waals surface area (Å²) in [6.07, 6.45) is 1.81. The topological polar surface area (TPSA) is 20.3 Å². The molecule has 112 valence electrons. The molecule has 1 unspecified atom stereocenters. The summed E-state index contributed by atoms with van der Waals surface area (Å²) in [5, 5.41) is 0. The zero-order valence-electron chi connectivity index (χ0n) is 13.7. The molecule has 0 amide bonds. The number of carbonyl (C=O) groups is 1. The Morgan fingerprint density at radius 2 is 1.75 bits per heavy atom. The average Bonchev–Trinajstić information content (AvgIpc) is 2.41. The van der Waals surface area contributed by atoms with Crippen molar-refractivity contribution in [3.05, 3.63) is 34.9 Å². The maximum atomic E-state index is 12.3. The fourth-order valence-electron chi connectivity index (χ4n) is 2.49. The molecule has 0 aliphatic carbocycles. The molecule has 0 aromatic heterocycles. The van der Waals surface area contributed by atoms with Crippen LogP contribution in [0.25, 0.3) is 0 Å². The van der Waals surface area contributed by atoms with E-state index >= 15 is 0 Å². The minimum absolute atomic E-state index is 0.263. The molecule has 1 aromatic carbocycles. The molecule has 0 radical (unpaired) electrons. The number of rotatable bonds is 8. The Bertz CT molecular complexity index is 419. The summed E-state index contributed by atoms with van der Waals surface area (Å²) in [6.45, 7) is 13.7. The summed E-state index contributed by atoms with van der Waals surface area (Å²) in [4.78, 5) is 14.7. The standard InChI is InChI=1S/C18H29NO/c1-6-14(3)13-19(7-2)9-8-18(20)17-11-15(4)10-16(5)12-17/h10-12,14H,6-9,13H2,1-5H3. The summed E-state index contributed by atoms with van der Waals surface area (Å²) in [5.41, 5.74) is 3.20. The third-order valence-corrected chi connectivity index (χ3v) is 3.91. The van der Waals surface area contributed by atoms with E-state index in [4.69, 9.17) is 0 Å². The fourth-order valence-corrected chi connectivity index (χ4v) is 2.49. The zero-order chi connectivity index (χ0) is 15.1. The van der Waals surface area contributed by atoms with Crippen molar-refractivity contribution < 1.29 is 4.79 Å². The van der Waals surface area contributed by atoms with Gasteiger partial charge in [-0.15, -0.1) is 0 Å². The largest absolute Gasteiger partial charge is 0.303 e. The van der Waals surface area contributed by atoms with Gasteiger partial charge in [0.2, 0.25) is 0 Å². The van der Waals surface area contributed by atoms with E-state index in [1.165, 1.54) is 17.5 Å². The lowest BCUT2D eigenvalue weighted by atomic mass is 10.0. The third kappa shape index (κ3) is 5.46. The molecule has 0 aliphatic heterocycles. The van der Waals surface area contributed by atoms with E-state index < -0.39 is 0 Å². The van der Waals surface area contributed by atoms with Gasteiger partial charge in [0.1, 0.15) is 0 Å². The summed E-state index contributed by atoms with van der Waals surface area (Å²) in [5.74, 6) is 0.964. The van der Waals surface area contributed by atoms with Crippen molar-refractivity contribution >= 4 is 5.78 Å². The molecule has 1 atom stereocenters. The normalized spacial score (nSPS) is 12.7. The van der Waals surface area contributed by atoms with Crippen LogP contribution in [0.2, 0.25) is 0 Å². The number of Topliss-reactive ketones (excluding diaryl/α,β-unsaturated/α-hetero) is 1. The molecule has 0 aliphatic rings. The van der Waals surface area contributed by atoms with Crippen LogP contribution in [-0.4, -0.2) is 30.3 Å². The van der Waals surface area contributed by atoms with Crippen LogP contribution in [-0.2, 0) is 0 Å². The lowest BCUT2D eigenvalue weighted by Gasteiger charge is -2.23. The summed E-state index contributed by atoms with van der Waals surface area (Å²) >= 11 is 0. The smallest absolute Gasteiger partial charge is 0.164 e. The first kappa shape index (κ1) is 16.9. The molecule has 0 saturated carbocycles. The lowest BCUT2D eigenvalue weighted by Crippen LogP contribution is -2.30. The van der Waals surface area contributed by atoms with Gasteiger partial charge in [0.25, 0.3) is 0 Å². The Morgan fingerprint density at radius 3 is 2.25 bits per heavy atom. The maximum Gasteiger partial charge on any atom is 0.164 e. The van der Waals surface area contributed by atoms with Gasteiger partial charge in [0, 0.05) is 25.1 Å². The molecule has 0 N–H and O–H groups in total. The maximum absolute atomic E-state index is 12.3. The second-order valence-corrected chi connectivity index (χ2v) is 5.96. The van der Waals surface area contributed by atoms with Crippen molar-refractivity contribution in [3.8, 4) is 0 Å². The summed E-state index contributed by atoms with van der Waals surface area (Å²) in [7, 11) is 0. The Hall–Kier alpha value is -1.15. The van der Waals surface area contributed by atoms with Gasteiger partial charge < -0.3 is 4.90 Å². The number of ketones is 1. The highest BCUT2D eigenvalue weighted by molar-refractivity contribution is 5.96. The number of benzene rings is 1. The quantitative estimate of drug-likeness (QED) is 0.661.